The average Bonchev–Trinajstić information content (AvgIpc) is 2.71. The van der Waals surface area contributed by atoms with Gasteiger partial charge in [-0.3, -0.25) is 0 Å². The summed E-state index contributed by atoms with van der Waals surface area (Å²) < 4.78 is 118. The molecule has 1 aliphatic rings. The minimum absolute atomic E-state index is 0.218. The number of alkyl halides is 6. The summed E-state index contributed by atoms with van der Waals surface area (Å²) in [6.45, 7) is -0.587. The monoisotopic (exact) mass is 408 g/mol. The molecule has 1 rings (SSSR count). The molecule has 1 N–H and O–H groups in total. The van der Waals surface area contributed by atoms with Gasteiger partial charge in [0.2, 0.25) is 6.54 Å². The number of aliphatic hydroxyl groups excluding tert-OH is 1. The van der Waals surface area contributed by atoms with Gasteiger partial charge in [0.25, 0.3) is 0 Å². The highest BCUT2D eigenvalue weighted by atomic mass is 32.3. The van der Waals surface area contributed by atoms with Gasteiger partial charge in [0, 0.05) is 12.8 Å². The van der Waals surface area contributed by atoms with Crippen molar-refractivity contribution in [2.75, 3.05) is 26.7 Å². The number of hydrogen-bond acceptors (Lipinski definition) is 4. The molecule has 0 aliphatic carbocycles. The molecule has 0 aromatic heterocycles. The van der Waals surface area contributed by atoms with E-state index >= 15 is 0 Å². The van der Waals surface area contributed by atoms with Gasteiger partial charge in [-0.2, -0.15) is 43.2 Å². The number of likely N-dealkylation sites (N-methyl/N-ethyl adjacent to an activating group) is 1. The van der Waals surface area contributed by atoms with Crippen molar-refractivity contribution in [3.05, 3.63) is 0 Å². The van der Waals surface area contributed by atoms with Crippen LogP contribution >= 0.6 is 0 Å². The fraction of sp³-hybridized carbons (Fsp3) is 0.889. The summed E-state index contributed by atoms with van der Waals surface area (Å²) >= 11 is 0. The summed E-state index contributed by atoms with van der Waals surface area (Å²) in [7, 11) is -12.7. The van der Waals surface area contributed by atoms with E-state index in [1.165, 1.54) is 7.05 Å². The van der Waals surface area contributed by atoms with Gasteiger partial charge < -0.3 is 9.59 Å². The Labute approximate surface area is 133 Å². The Morgan fingerprint density at radius 1 is 0.958 bits per heavy atom. The van der Waals surface area contributed by atoms with E-state index in [2.05, 4.69) is 0 Å². The highest BCUT2D eigenvalue weighted by Gasteiger charge is 2.69. The summed E-state index contributed by atoms with van der Waals surface area (Å²) in [4.78, 5) is 0. The number of likely N-dealkylation sites (tertiary alicyclic amines) is 1. The van der Waals surface area contributed by atoms with E-state index in [-0.39, 0.29) is 17.6 Å². The van der Waals surface area contributed by atoms with Crippen LogP contribution in [0.15, 0.2) is 0 Å². The van der Waals surface area contributed by atoms with E-state index in [0.717, 1.165) is 0 Å². The first-order valence-corrected chi connectivity index (χ1v) is 9.15. The predicted octanol–water partition coefficient (Wildman–Crippen LogP) is 0.895. The average molecular weight is 408 g/mol. The summed E-state index contributed by atoms with van der Waals surface area (Å²) in [6.07, 6.45) is 1.06. The fourth-order valence-electron chi connectivity index (χ4n) is 2.25. The van der Waals surface area contributed by atoms with Crippen LogP contribution in [-0.2, 0) is 20.0 Å². The molecule has 0 unspecified atom stereocenters. The van der Waals surface area contributed by atoms with Crippen LogP contribution in [0.5, 0.6) is 0 Å². The second kappa shape index (κ2) is 6.01. The van der Waals surface area contributed by atoms with Crippen LogP contribution in [0.2, 0.25) is 0 Å². The van der Waals surface area contributed by atoms with E-state index in [1.807, 2.05) is 0 Å². The summed E-state index contributed by atoms with van der Waals surface area (Å²) in [5, 5.41) is 9.60. The summed E-state index contributed by atoms with van der Waals surface area (Å²) in [6, 6.07) is 0. The molecule has 15 heteroatoms. The zero-order chi connectivity index (χ0) is 19.2. The van der Waals surface area contributed by atoms with Gasteiger partial charge in [-0.1, -0.05) is 0 Å². The minimum Gasteiger partial charge on any atom is -0.457 e. The minimum atomic E-state index is -7.02. The molecule has 1 fully saturated rings. The van der Waals surface area contributed by atoms with Gasteiger partial charge in [0.05, 0.1) is 23.5 Å². The van der Waals surface area contributed by atoms with Gasteiger partial charge in [0.1, 0.15) is 0 Å². The zero-order valence-corrected chi connectivity index (χ0v) is 13.7. The summed E-state index contributed by atoms with van der Waals surface area (Å²) in [5.41, 5.74) is -12.7. The van der Waals surface area contributed by atoms with E-state index in [9.17, 15) is 48.3 Å². The quantitative estimate of drug-likeness (QED) is 0.245. The van der Waals surface area contributed by atoms with Crippen molar-refractivity contribution in [1.82, 2.24) is 0 Å². The Bertz CT molecular complexity index is 685. The van der Waals surface area contributed by atoms with Gasteiger partial charge in [-0.05, 0) is 0 Å². The zero-order valence-electron chi connectivity index (χ0n) is 12.1. The Hall–Kier alpha value is -1.09. The molecule has 0 saturated carbocycles. The number of rotatable bonds is 4. The summed E-state index contributed by atoms with van der Waals surface area (Å²) in [5.74, 6) is -2.06. The number of quaternary nitrogens is 1. The maximum atomic E-state index is 12.6. The van der Waals surface area contributed by atoms with Crippen molar-refractivity contribution in [3.8, 4) is 0 Å². The molecule has 0 amide bonds. The molecule has 1 aliphatic heterocycles. The third-order valence-electron chi connectivity index (χ3n) is 3.40. The van der Waals surface area contributed by atoms with Crippen molar-refractivity contribution in [2.45, 2.75) is 23.9 Å². The third kappa shape index (κ3) is 3.77. The van der Waals surface area contributed by atoms with E-state index in [4.69, 9.17) is 0 Å². The molecule has 0 aromatic rings. The molecule has 24 heavy (non-hydrogen) atoms. The molecule has 0 radical (unpaired) electrons. The van der Waals surface area contributed by atoms with Gasteiger partial charge in [-0.25, -0.2) is 0 Å². The molecule has 7 nitrogen and oxygen atoms in total. The molecule has 142 valence electrons. The van der Waals surface area contributed by atoms with Crippen LogP contribution in [0, 0.1) is 0 Å². The van der Waals surface area contributed by atoms with Gasteiger partial charge in [0.15, 0.2) is 0 Å². The molecule has 1 saturated heterocycles. The SMILES string of the molecule is C[N+]1(CC(O)=[N+](S(=O)(=O)C(F)(F)F)S(=O)(=O)C(F)(F)F)CCCC1. The number of sulfonamides is 2. The van der Waals surface area contributed by atoms with Crippen LogP contribution in [-0.4, -0.2) is 73.4 Å². The van der Waals surface area contributed by atoms with Crippen LogP contribution in [0.25, 0.3) is 0 Å². The smallest absolute Gasteiger partial charge is 0.457 e. The third-order valence-corrected chi connectivity index (χ3v) is 7.04. The van der Waals surface area contributed by atoms with Crippen LogP contribution in [0.4, 0.5) is 26.3 Å². The number of aliphatic hydroxyl groups is 1. The van der Waals surface area contributed by atoms with Crippen molar-refractivity contribution in [3.63, 3.8) is 0 Å². The van der Waals surface area contributed by atoms with E-state index < -0.39 is 46.9 Å². The standard InChI is InChI=1S/C9H13F6N2O5S2/c1-17(4-2-3-5-17)6-7(18)16(23(19,20)8(10,11)12)24(21,22)9(13,14)15/h2-6H2,1H3/q+1/p+1. The molecule has 1 heterocycles. The van der Waals surface area contributed by atoms with E-state index in [1.54, 1.807) is 0 Å². The molecular formula is C9H14F6N2O5S2+2. The lowest BCUT2D eigenvalue weighted by Gasteiger charge is -2.26. The Morgan fingerprint density at radius 2 is 1.29 bits per heavy atom. The first-order valence-electron chi connectivity index (χ1n) is 6.27. The molecule has 0 spiro atoms. The second-order valence-electron chi connectivity index (χ2n) is 5.45. The molecular weight excluding hydrogens is 394 g/mol. The van der Waals surface area contributed by atoms with Gasteiger partial charge >= 0.3 is 37.0 Å². The van der Waals surface area contributed by atoms with Crippen molar-refractivity contribution < 1.29 is 56.2 Å². The number of hydrogen-bond donors (Lipinski definition) is 1. The predicted molar refractivity (Wildman–Crippen MR) is 67.9 cm³/mol. The molecule has 0 bridgehead atoms. The largest absolute Gasteiger partial charge is 0.561 e. The Kier molecular flexibility index (Phi) is 5.25. The van der Waals surface area contributed by atoms with E-state index in [0.29, 0.717) is 12.8 Å². The van der Waals surface area contributed by atoms with Crippen molar-refractivity contribution in [2.24, 2.45) is 0 Å². The lowest BCUT2D eigenvalue weighted by atomic mass is 10.4. The normalized spacial score (nSPS) is 19.3. The second-order valence-corrected chi connectivity index (χ2v) is 9.23. The lowest BCUT2D eigenvalue weighted by Crippen LogP contribution is -2.52. The molecule has 0 aromatic carbocycles. The maximum absolute atomic E-state index is 12.6. The number of halogens is 6. The Morgan fingerprint density at radius 3 is 1.58 bits per heavy atom. The van der Waals surface area contributed by atoms with Crippen LogP contribution < -0.4 is 0 Å². The van der Waals surface area contributed by atoms with Crippen molar-refractivity contribution in [1.29, 1.82) is 0 Å². The van der Waals surface area contributed by atoms with Crippen molar-refractivity contribution >= 4 is 25.9 Å². The maximum Gasteiger partial charge on any atom is 0.561 e. The fourth-order valence-corrected chi connectivity index (χ4v) is 4.84. The highest BCUT2D eigenvalue weighted by Crippen LogP contribution is 2.32. The van der Waals surface area contributed by atoms with Crippen LogP contribution in [0.1, 0.15) is 12.8 Å². The van der Waals surface area contributed by atoms with Gasteiger partial charge in [-0.15, -0.1) is 0 Å². The topological polar surface area (TPSA) is 91.5 Å². The number of nitrogens with zero attached hydrogens (tertiary/aromatic N) is 2. The first-order chi connectivity index (χ1) is 10.5. The molecule has 0 atom stereocenters. The lowest BCUT2D eigenvalue weighted by molar-refractivity contribution is -0.890. The van der Waals surface area contributed by atoms with Crippen LogP contribution in [0.3, 0.4) is 0 Å². The highest BCUT2D eigenvalue weighted by molar-refractivity contribution is 7.98. The Balaban J connectivity index is 3.65. The first kappa shape index (κ1) is 21.0.